The van der Waals surface area contributed by atoms with E-state index in [1.54, 1.807) is 12.1 Å². The van der Waals surface area contributed by atoms with Crippen LogP contribution >= 0.6 is 0 Å². The number of benzene rings is 1. The van der Waals surface area contributed by atoms with Crippen molar-refractivity contribution < 1.29 is 32.7 Å². The molecular weight excluding hydrogens is 300 g/mol. The minimum absolute atomic E-state index is 0.0860. The largest absolute Gasteiger partial charge is 0.388 e. The predicted octanol–water partition coefficient (Wildman–Crippen LogP) is -0.472. The van der Waals surface area contributed by atoms with Crippen LogP contribution in [0.5, 0.6) is 0 Å². The predicted molar refractivity (Wildman–Crippen MR) is 71.8 cm³/mol. The Morgan fingerprint density at radius 1 is 1.05 bits per heavy atom. The van der Waals surface area contributed by atoms with Crippen molar-refractivity contribution in [3.63, 3.8) is 0 Å². The molecule has 0 aliphatic carbocycles. The van der Waals surface area contributed by atoms with Crippen molar-refractivity contribution in [1.82, 2.24) is 0 Å². The van der Waals surface area contributed by atoms with Gasteiger partial charge in [0.05, 0.1) is 11.0 Å². The molecule has 8 heteroatoms. The summed E-state index contributed by atoms with van der Waals surface area (Å²) in [7, 11) is -4.15. The van der Waals surface area contributed by atoms with Gasteiger partial charge in [0.15, 0.2) is 0 Å². The van der Waals surface area contributed by atoms with Crippen LogP contribution in [-0.4, -0.2) is 54.4 Å². The number of rotatable bonds is 3. The molecule has 1 unspecified atom stereocenters. The standard InChI is InChI=1S/C13H18O7S/c1-7-3-5-9(6-4-7)21(17,18)20-13-12(16)11(15)10(14)8(2)19-13/h3-6,8,10-16H,1-2H3/t8-,10-,11+,12+,13?/m0/s1. The first kappa shape index (κ1) is 16.3. The zero-order chi connectivity index (χ0) is 15.8. The van der Waals surface area contributed by atoms with Crippen LogP contribution in [0.1, 0.15) is 12.5 Å². The Balaban J connectivity index is 2.18. The van der Waals surface area contributed by atoms with Crippen molar-refractivity contribution in [1.29, 1.82) is 0 Å². The smallest absolute Gasteiger partial charge is 0.299 e. The number of hydrogen-bond donors (Lipinski definition) is 3. The average Bonchev–Trinajstić information content (AvgIpc) is 2.42. The van der Waals surface area contributed by atoms with Gasteiger partial charge < -0.3 is 20.1 Å². The van der Waals surface area contributed by atoms with Gasteiger partial charge in [0.1, 0.15) is 18.3 Å². The summed E-state index contributed by atoms with van der Waals surface area (Å²) in [5.41, 5.74) is 0.884. The molecule has 1 heterocycles. The highest BCUT2D eigenvalue weighted by molar-refractivity contribution is 7.86. The maximum absolute atomic E-state index is 12.1. The fourth-order valence-electron chi connectivity index (χ4n) is 1.98. The highest BCUT2D eigenvalue weighted by Gasteiger charge is 2.44. The van der Waals surface area contributed by atoms with Gasteiger partial charge in [0, 0.05) is 0 Å². The highest BCUT2D eigenvalue weighted by Crippen LogP contribution is 2.25. The molecule has 1 saturated heterocycles. The molecule has 2 rings (SSSR count). The first-order valence-electron chi connectivity index (χ1n) is 6.42. The molecule has 3 N–H and O–H groups in total. The Kier molecular flexibility index (Phi) is 4.66. The highest BCUT2D eigenvalue weighted by atomic mass is 32.2. The topological polar surface area (TPSA) is 113 Å². The summed E-state index contributed by atoms with van der Waals surface area (Å²) in [6, 6.07) is 5.95. The van der Waals surface area contributed by atoms with Crippen molar-refractivity contribution in [2.75, 3.05) is 0 Å². The van der Waals surface area contributed by atoms with Crippen LogP contribution in [0.3, 0.4) is 0 Å². The average molecular weight is 318 g/mol. The van der Waals surface area contributed by atoms with Crippen molar-refractivity contribution >= 4 is 10.1 Å². The summed E-state index contributed by atoms with van der Waals surface area (Å²) in [4.78, 5) is -0.0860. The molecule has 1 aromatic rings. The molecule has 0 radical (unpaired) electrons. The summed E-state index contributed by atoms with van der Waals surface area (Å²) in [5, 5.41) is 28.9. The second kappa shape index (κ2) is 5.99. The number of aliphatic hydroxyl groups excluding tert-OH is 3. The number of hydrogen-bond acceptors (Lipinski definition) is 7. The van der Waals surface area contributed by atoms with Crippen LogP contribution in [0.2, 0.25) is 0 Å². The lowest BCUT2D eigenvalue weighted by atomic mass is 10.0. The maximum atomic E-state index is 12.1. The van der Waals surface area contributed by atoms with E-state index >= 15 is 0 Å². The van der Waals surface area contributed by atoms with Crippen LogP contribution in [0, 0.1) is 6.92 Å². The molecule has 5 atom stereocenters. The molecule has 0 bridgehead atoms. The van der Waals surface area contributed by atoms with Gasteiger partial charge >= 0.3 is 0 Å². The monoisotopic (exact) mass is 318 g/mol. The maximum Gasteiger partial charge on any atom is 0.299 e. The molecule has 0 amide bonds. The number of aryl methyl sites for hydroxylation is 1. The van der Waals surface area contributed by atoms with Crippen molar-refractivity contribution in [2.24, 2.45) is 0 Å². The molecule has 0 spiro atoms. The van der Waals surface area contributed by atoms with Gasteiger partial charge in [0.25, 0.3) is 10.1 Å². The summed E-state index contributed by atoms with van der Waals surface area (Å²) >= 11 is 0. The fourth-order valence-corrected chi connectivity index (χ4v) is 2.97. The normalized spacial score (nSPS) is 33.9. The van der Waals surface area contributed by atoms with Crippen molar-refractivity contribution in [3.8, 4) is 0 Å². The molecule has 0 aromatic heterocycles. The van der Waals surface area contributed by atoms with Crippen molar-refractivity contribution in [2.45, 2.75) is 49.4 Å². The molecule has 7 nitrogen and oxygen atoms in total. The third kappa shape index (κ3) is 3.42. The quantitative estimate of drug-likeness (QED) is 0.646. The van der Waals surface area contributed by atoms with Crippen LogP contribution in [0.15, 0.2) is 29.2 Å². The van der Waals surface area contributed by atoms with Crippen LogP contribution < -0.4 is 0 Å². The van der Waals surface area contributed by atoms with E-state index in [1.165, 1.54) is 19.1 Å². The summed E-state index contributed by atoms with van der Waals surface area (Å²) in [6.45, 7) is 3.25. The SMILES string of the molecule is Cc1ccc(S(=O)(=O)OC2O[C@@H](C)[C@H](O)[C@@H](O)[C@H]2O)cc1. The van der Waals surface area contributed by atoms with E-state index in [9.17, 15) is 23.7 Å². The second-order valence-electron chi connectivity index (χ2n) is 5.04. The van der Waals surface area contributed by atoms with E-state index in [0.717, 1.165) is 5.56 Å². The molecule has 118 valence electrons. The first-order chi connectivity index (χ1) is 9.72. The van der Waals surface area contributed by atoms with Crippen LogP contribution in [0.25, 0.3) is 0 Å². The van der Waals surface area contributed by atoms with E-state index in [2.05, 4.69) is 0 Å². The Labute approximate surface area is 122 Å². The molecule has 21 heavy (non-hydrogen) atoms. The number of ether oxygens (including phenoxy) is 1. The van der Waals surface area contributed by atoms with Gasteiger partial charge in [0.2, 0.25) is 6.29 Å². The summed E-state index contributed by atoms with van der Waals surface area (Å²) in [6.07, 6.45) is -6.99. The van der Waals surface area contributed by atoms with E-state index in [0.29, 0.717) is 0 Å². The third-order valence-corrected chi connectivity index (χ3v) is 4.63. The summed E-state index contributed by atoms with van der Waals surface area (Å²) in [5.74, 6) is 0. The van der Waals surface area contributed by atoms with E-state index in [1.807, 2.05) is 6.92 Å². The lowest BCUT2D eigenvalue weighted by Gasteiger charge is -2.38. The first-order valence-corrected chi connectivity index (χ1v) is 7.83. The molecular formula is C13H18O7S. The van der Waals surface area contributed by atoms with Crippen LogP contribution in [-0.2, 0) is 19.0 Å². The minimum atomic E-state index is -4.15. The van der Waals surface area contributed by atoms with Crippen LogP contribution in [0.4, 0.5) is 0 Å². The van der Waals surface area contributed by atoms with Gasteiger partial charge in [-0.25, -0.2) is 4.18 Å². The fraction of sp³-hybridized carbons (Fsp3) is 0.538. The van der Waals surface area contributed by atoms with E-state index in [-0.39, 0.29) is 4.90 Å². The van der Waals surface area contributed by atoms with Gasteiger partial charge in [-0.3, -0.25) is 0 Å². The van der Waals surface area contributed by atoms with Gasteiger partial charge in [-0.2, -0.15) is 8.42 Å². The third-order valence-electron chi connectivity index (χ3n) is 3.34. The van der Waals surface area contributed by atoms with Crippen molar-refractivity contribution in [3.05, 3.63) is 29.8 Å². The lowest BCUT2D eigenvalue weighted by Crippen LogP contribution is -2.57. The van der Waals surface area contributed by atoms with E-state index < -0.39 is 40.8 Å². The minimum Gasteiger partial charge on any atom is -0.388 e. The molecule has 1 aliphatic heterocycles. The number of aliphatic hydroxyl groups is 3. The van der Waals surface area contributed by atoms with Gasteiger partial charge in [-0.1, -0.05) is 17.7 Å². The Morgan fingerprint density at radius 2 is 1.62 bits per heavy atom. The van der Waals surface area contributed by atoms with E-state index in [4.69, 9.17) is 8.92 Å². The summed E-state index contributed by atoms with van der Waals surface area (Å²) < 4.78 is 34.1. The Hall–Kier alpha value is -1.03. The molecule has 0 saturated carbocycles. The molecule has 1 fully saturated rings. The van der Waals surface area contributed by atoms with Gasteiger partial charge in [-0.15, -0.1) is 0 Å². The van der Waals surface area contributed by atoms with Gasteiger partial charge in [-0.05, 0) is 26.0 Å². The molecule has 1 aromatic carbocycles. The Morgan fingerprint density at radius 3 is 2.19 bits per heavy atom. The second-order valence-corrected chi connectivity index (χ2v) is 6.62. The zero-order valence-corrected chi connectivity index (χ0v) is 12.4. The molecule has 1 aliphatic rings. The lowest BCUT2D eigenvalue weighted by molar-refractivity contribution is -0.267. The Bertz CT molecular complexity index is 583. The zero-order valence-electron chi connectivity index (χ0n) is 11.6.